The molecular weight excluding hydrogens is 411 g/mol. The first kappa shape index (κ1) is 23.6. The number of benzene rings is 1. The van der Waals surface area contributed by atoms with E-state index in [4.69, 9.17) is 10.1 Å². The van der Waals surface area contributed by atoms with Crippen LogP contribution in [0.15, 0.2) is 35.6 Å². The Morgan fingerprint density at radius 2 is 1.87 bits per heavy atom. The molecule has 0 spiro atoms. The first-order valence-electron chi connectivity index (χ1n) is 10.8. The van der Waals surface area contributed by atoms with Crippen LogP contribution in [0.2, 0.25) is 0 Å². The van der Waals surface area contributed by atoms with Gasteiger partial charge in [-0.3, -0.25) is 5.41 Å². The predicted octanol–water partition coefficient (Wildman–Crippen LogP) is 5.38. The SMILES string of the molecule is CCC1CC(OC/C(C(=N)c2ccccc2OC(F)(F)F)=C(/O)C2CC2)CC(C)C1O. The number of alkyl halides is 3. The van der Waals surface area contributed by atoms with E-state index in [9.17, 15) is 23.4 Å². The van der Waals surface area contributed by atoms with Crippen LogP contribution in [0.25, 0.3) is 0 Å². The lowest BCUT2D eigenvalue weighted by molar-refractivity contribution is -0.274. The lowest BCUT2D eigenvalue weighted by Gasteiger charge is -2.37. The fourth-order valence-electron chi connectivity index (χ4n) is 4.26. The number of aliphatic hydroxyl groups excluding tert-OH is 2. The second-order valence-corrected chi connectivity index (χ2v) is 8.60. The summed E-state index contributed by atoms with van der Waals surface area (Å²) >= 11 is 0. The van der Waals surface area contributed by atoms with Gasteiger partial charge in [0.15, 0.2) is 0 Å². The monoisotopic (exact) mass is 441 g/mol. The van der Waals surface area contributed by atoms with Crippen molar-refractivity contribution in [3.8, 4) is 5.75 Å². The van der Waals surface area contributed by atoms with Crippen LogP contribution < -0.4 is 4.74 Å². The molecule has 0 bridgehead atoms. The molecule has 0 saturated heterocycles. The van der Waals surface area contributed by atoms with Crippen LogP contribution in [0.4, 0.5) is 13.2 Å². The van der Waals surface area contributed by atoms with Crippen molar-refractivity contribution in [2.24, 2.45) is 17.8 Å². The molecule has 0 radical (unpaired) electrons. The Bertz CT molecular complexity index is 819. The van der Waals surface area contributed by atoms with Gasteiger partial charge in [-0.25, -0.2) is 0 Å². The van der Waals surface area contributed by atoms with Crippen molar-refractivity contribution in [1.29, 1.82) is 5.41 Å². The highest BCUT2D eigenvalue weighted by Crippen LogP contribution is 2.39. The maximum Gasteiger partial charge on any atom is 0.573 e. The average Bonchev–Trinajstić information content (AvgIpc) is 3.54. The molecule has 0 heterocycles. The van der Waals surface area contributed by atoms with Gasteiger partial charge in [0.25, 0.3) is 0 Å². The largest absolute Gasteiger partial charge is 0.573 e. The van der Waals surface area contributed by atoms with Crippen molar-refractivity contribution in [3.05, 3.63) is 41.2 Å². The van der Waals surface area contributed by atoms with Gasteiger partial charge in [0, 0.05) is 17.1 Å². The van der Waals surface area contributed by atoms with Gasteiger partial charge in [-0.1, -0.05) is 32.4 Å². The molecule has 0 aliphatic heterocycles. The summed E-state index contributed by atoms with van der Waals surface area (Å²) in [7, 11) is 0. The number of rotatable bonds is 8. The molecule has 1 aromatic carbocycles. The number of allylic oxidation sites excluding steroid dienone is 1. The Hall–Kier alpha value is -2.06. The highest BCUT2D eigenvalue weighted by atomic mass is 19.4. The molecule has 2 saturated carbocycles. The molecule has 0 aromatic heterocycles. The second-order valence-electron chi connectivity index (χ2n) is 8.60. The quantitative estimate of drug-likeness (QED) is 0.374. The molecule has 5 nitrogen and oxygen atoms in total. The highest BCUT2D eigenvalue weighted by Gasteiger charge is 2.36. The fraction of sp³-hybridized carbons (Fsp3) is 0.609. The predicted molar refractivity (Wildman–Crippen MR) is 110 cm³/mol. The van der Waals surface area contributed by atoms with Crippen LogP contribution in [-0.2, 0) is 4.74 Å². The van der Waals surface area contributed by atoms with Crippen molar-refractivity contribution in [2.45, 2.75) is 64.5 Å². The van der Waals surface area contributed by atoms with E-state index in [0.29, 0.717) is 12.8 Å². The molecule has 2 fully saturated rings. The van der Waals surface area contributed by atoms with Crippen LogP contribution in [0.1, 0.15) is 51.5 Å². The minimum atomic E-state index is -4.89. The molecule has 172 valence electrons. The van der Waals surface area contributed by atoms with Crippen LogP contribution in [0.3, 0.4) is 0 Å². The summed E-state index contributed by atoms with van der Waals surface area (Å²) in [5, 5.41) is 29.6. The minimum Gasteiger partial charge on any atom is -0.512 e. The summed E-state index contributed by atoms with van der Waals surface area (Å²) in [5.74, 6) is -0.401. The molecule has 2 aliphatic rings. The van der Waals surface area contributed by atoms with Crippen LogP contribution in [-0.4, -0.2) is 41.1 Å². The number of hydrogen-bond donors (Lipinski definition) is 3. The van der Waals surface area contributed by atoms with Gasteiger partial charge in [0.05, 0.1) is 24.5 Å². The maximum atomic E-state index is 12.8. The zero-order valence-electron chi connectivity index (χ0n) is 17.8. The second kappa shape index (κ2) is 9.61. The molecule has 4 atom stereocenters. The Morgan fingerprint density at radius 3 is 2.48 bits per heavy atom. The molecule has 4 unspecified atom stereocenters. The van der Waals surface area contributed by atoms with Gasteiger partial charge < -0.3 is 19.7 Å². The Labute approximate surface area is 180 Å². The lowest BCUT2D eigenvalue weighted by Crippen LogP contribution is -2.39. The topological polar surface area (TPSA) is 82.8 Å². The lowest BCUT2D eigenvalue weighted by atomic mass is 9.77. The number of para-hydroxylation sites is 1. The Morgan fingerprint density at radius 1 is 1.19 bits per heavy atom. The summed E-state index contributed by atoms with van der Waals surface area (Å²) in [6.07, 6.45) is -1.74. The smallest absolute Gasteiger partial charge is 0.512 e. The summed E-state index contributed by atoms with van der Waals surface area (Å²) in [6, 6.07) is 5.45. The highest BCUT2D eigenvalue weighted by molar-refractivity contribution is 6.12. The van der Waals surface area contributed by atoms with E-state index in [1.165, 1.54) is 18.2 Å². The van der Waals surface area contributed by atoms with Crippen molar-refractivity contribution in [2.75, 3.05) is 6.61 Å². The number of halogens is 3. The van der Waals surface area contributed by atoms with Crippen LogP contribution in [0, 0.1) is 23.2 Å². The number of ether oxygens (including phenoxy) is 2. The van der Waals surface area contributed by atoms with E-state index in [-0.39, 0.29) is 59.2 Å². The standard InChI is InChI=1S/C23H30F3NO4/c1-3-14-11-16(10-13(2)21(14)28)30-12-18(22(29)15-8-9-15)20(27)17-6-4-5-7-19(17)31-23(24,25)26/h4-7,13-16,21,27-29H,3,8-12H2,1-2H3/b22-18-,27-20?. The van der Waals surface area contributed by atoms with Crippen molar-refractivity contribution in [1.82, 2.24) is 0 Å². The maximum absolute atomic E-state index is 12.8. The first-order chi connectivity index (χ1) is 14.6. The van der Waals surface area contributed by atoms with Gasteiger partial charge in [-0.05, 0) is 49.7 Å². The fourth-order valence-corrected chi connectivity index (χ4v) is 4.26. The third kappa shape index (κ3) is 6.01. The molecule has 31 heavy (non-hydrogen) atoms. The van der Waals surface area contributed by atoms with E-state index in [0.717, 1.165) is 25.3 Å². The van der Waals surface area contributed by atoms with Crippen LogP contribution in [0.5, 0.6) is 5.75 Å². The van der Waals surface area contributed by atoms with E-state index < -0.39 is 12.1 Å². The van der Waals surface area contributed by atoms with Gasteiger partial charge in [0.2, 0.25) is 0 Å². The number of hydrogen-bond acceptors (Lipinski definition) is 5. The molecule has 2 aliphatic carbocycles. The Balaban J connectivity index is 1.80. The third-order valence-electron chi connectivity index (χ3n) is 6.21. The summed E-state index contributed by atoms with van der Waals surface area (Å²) in [6.45, 7) is 3.90. The molecule has 0 amide bonds. The van der Waals surface area contributed by atoms with Crippen molar-refractivity contribution < 1.29 is 32.9 Å². The average molecular weight is 441 g/mol. The molecule has 3 N–H and O–H groups in total. The number of aliphatic hydroxyl groups is 2. The van der Waals surface area contributed by atoms with E-state index in [1.807, 2.05) is 13.8 Å². The molecule has 8 heteroatoms. The first-order valence-corrected chi connectivity index (χ1v) is 10.8. The van der Waals surface area contributed by atoms with E-state index >= 15 is 0 Å². The zero-order valence-corrected chi connectivity index (χ0v) is 17.8. The van der Waals surface area contributed by atoms with E-state index in [2.05, 4.69) is 4.74 Å². The Kier molecular flexibility index (Phi) is 7.31. The normalized spacial score (nSPS) is 27.5. The summed E-state index contributed by atoms with van der Waals surface area (Å²) in [4.78, 5) is 0. The molecule has 1 aromatic rings. The molecular formula is C23H30F3NO4. The van der Waals surface area contributed by atoms with Crippen LogP contribution >= 0.6 is 0 Å². The minimum absolute atomic E-state index is 0.00254. The zero-order chi connectivity index (χ0) is 22.8. The summed E-state index contributed by atoms with van der Waals surface area (Å²) in [5.41, 5.74) is -0.0998. The third-order valence-corrected chi connectivity index (χ3v) is 6.21. The van der Waals surface area contributed by atoms with Gasteiger partial charge in [0.1, 0.15) is 11.5 Å². The summed E-state index contributed by atoms with van der Waals surface area (Å²) < 4.78 is 48.6. The van der Waals surface area contributed by atoms with Crippen molar-refractivity contribution in [3.63, 3.8) is 0 Å². The number of nitrogens with one attached hydrogen (secondary N) is 1. The van der Waals surface area contributed by atoms with Crippen molar-refractivity contribution >= 4 is 5.71 Å². The van der Waals surface area contributed by atoms with Gasteiger partial charge in [-0.15, -0.1) is 13.2 Å². The molecule has 3 rings (SSSR count). The van der Waals surface area contributed by atoms with Gasteiger partial charge >= 0.3 is 6.36 Å². The van der Waals surface area contributed by atoms with E-state index in [1.54, 1.807) is 0 Å². The van der Waals surface area contributed by atoms with Gasteiger partial charge in [-0.2, -0.15) is 0 Å².